The third-order valence-corrected chi connectivity index (χ3v) is 5.67. The van der Waals surface area contributed by atoms with Gasteiger partial charge < -0.3 is 14.9 Å². The Labute approximate surface area is 190 Å². The third kappa shape index (κ3) is 4.17. The fraction of sp³-hybridized carbons (Fsp3) is 0.304. The summed E-state index contributed by atoms with van der Waals surface area (Å²) in [4.78, 5) is 25.5. The second-order valence-corrected chi connectivity index (χ2v) is 7.98. The van der Waals surface area contributed by atoms with Gasteiger partial charge in [-0.25, -0.2) is 8.78 Å². The van der Waals surface area contributed by atoms with Crippen LogP contribution in [0, 0.1) is 18.6 Å². The number of phenolic OH excluding ortho intramolecular Hbond substituents is 1. The summed E-state index contributed by atoms with van der Waals surface area (Å²) >= 11 is 0. The standard InChI is InChI=1S/C23H20F5NO5/c1-4-9-22(3,21(32)33)17-11(2)29(15-10-14(24)19(30)18(25)16(15)17)20(31)12-5-7-13(8-6-12)34-23(26,27)28/h5-8,10,30H,4,9H2,1-3H3,(H,32,33)/t22-/m1/s1. The van der Waals surface area contributed by atoms with Crippen molar-refractivity contribution in [3.63, 3.8) is 0 Å². The van der Waals surface area contributed by atoms with E-state index in [1.807, 2.05) is 0 Å². The number of phenols is 1. The molecule has 1 heterocycles. The largest absolute Gasteiger partial charge is 0.573 e. The molecule has 0 aliphatic rings. The topological polar surface area (TPSA) is 88.8 Å². The van der Waals surface area contributed by atoms with Crippen LogP contribution in [0.15, 0.2) is 30.3 Å². The zero-order chi connectivity index (χ0) is 25.6. The molecule has 0 aliphatic carbocycles. The molecule has 1 atom stereocenters. The summed E-state index contributed by atoms with van der Waals surface area (Å²) in [5, 5.41) is 19.4. The number of ether oxygens (including phenoxy) is 1. The summed E-state index contributed by atoms with van der Waals surface area (Å²) < 4.78 is 71.2. The lowest BCUT2D eigenvalue weighted by Gasteiger charge is -2.25. The molecule has 0 fully saturated rings. The zero-order valence-corrected chi connectivity index (χ0v) is 18.3. The number of aromatic nitrogens is 1. The normalized spacial score (nSPS) is 13.6. The molecule has 0 spiro atoms. The predicted molar refractivity (Wildman–Crippen MR) is 111 cm³/mol. The average Bonchev–Trinajstić information content (AvgIpc) is 3.03. The Bertz CT molecular complexity index is 1280. The van der Waals surface area contributed by atoms with Crippen LogP contribution in [0.4, 0.5) is 22.0 Å². The van der Waals surface area contributed by atoms with Crippen LogP contribution in [-0.4, -0.2) is 33.0 Å². The number of aromatic hydroxyl groups is 1. The highest BCUT2D eigenvalue weighted by molar-refractivity contribution is 6.06. The summed E-state index contributed by atoms with van der Waals surface area (Å²) in [6.07, 6.45) is -4.53. The van der Waals surface area contributed by atoms with Crippen molar-refractivity contribution in [3.05, 3.63) is 58.8 Å². The summed E-state index contributed by atoms with van der Waals surface area (Å²) in [6, 6.07) is 4.56. The lowest BCUT2D eigenvalue weighted by atomic mass is 9.77. The maximum absolute atomic E-state index is 15.1. The number of benzene rings is 2. The summed E-state index contributed by atoms with van der Waals surface area (Å²) in [5.41, 5.74) is -2.31. The molecule has 0 saturated heterocycles. The highest BCUT2D eigenvalue weighted by Crippen LogP contribution is 2.43. The number of carbonyl (C=O) groups excluding carboxylic acids is 1. The van der Waals surface area contributed by atoms with Crippen LogP contribution in [0.2, 0.25) is 0 Å². The first-order chi connectivity index (χ1) is 15.7. The number of carboxylic acids is 1. The Morgan fingerprint density at radius 1 is 1.12 bits per heavy atom. The minimum absolute atomic E-state index is 0.0159. The van der Waals surface area contributed by atoms with Crippen molar-refractivity contribution in [2.45, 2.75) is 45.4 Å². The predicted octanol–water partition coefficient (Wildman–Crippen LogP) is 5.66. The molecule has 0 saturated carbocycles. The van der Waals surface area contributed by atoms with E-state index in [4.69, 9.17) is 0 Å². The Balaban J connectivity index is 2.29. The zero-order valence-electron chi connectivity index (χ0n) is 18.3. The molecule has 182 valence electrons. The van der Waals surface area contributed by atoms with Crippen LogP contribution in [-0.2, 0) is 10.2 Å². The van der Waals surface area contributed by atoms with Gasteiger partial charge in [-0.3, -0.25) is 14.2 Å². The number of nitrogens with zero attached hydrogens (tertiary/aromatic N) is 1. The van der Waals surface area contributed by atoms with Crippen LogP contribution >= 0.6 is 0 Å². The minimum Gasteiger partial charge on any atom is -0.503 e. The molecule has 2 N–H and O–H groups in total. The summed E-state index contributed by atoms with van der Waals surface area (Å²) in [6.45, 7) is 4.39. The lowest BCUT2D eigenvalue weighted by Crippen LogP contribution is -2.33. The molecule has 1 aromatic heterocycles. The molecular weight excluding hydrogens is 465 g/mol. The number of carboxylic acid groups (broad SMARTS) is 1. The molecule has 0 aliphatic heterocycles. The molecule has 11 heteroatoms. The smallest absolute Gasteiger partial charge is 0.503 e. The van der Waals surface area contributed by atoms with Gasteiger partial charge in [0.1, 0.15) is 5.75 Å². The monoisotopic (exact) mass is 485 g/mol. The summed E-state index contributed by atoms with van der Waals surface area (Å²) in [7, 11) is 0. The molecule has 34 heavy (non-hydrogen) atoms. The van der Waals surface area contributed by atoms with E-state index in [2.05, 4.69) is 4.74 Å². The molecule has 3 aromatic rings. The van der Waals surface area contributed by atoms with Gasteiger partial charge in [-0.05, 0) is 44.5 Å². The van der Waals surface area contributed by atoms with Gasteiger partial charge in [-0.1, -0.05) is 13.3 Å². The number of aliphatic carboxylic acids is 1. The second-order valence-electron chi connectivity index (χ2n) is 7.98. The molecule has 6 nitrogen and oxygen atoms in total. The number of hydrogen-bond donors (Lipinski definition) is 2. The van der Waals surface area contributed by atoms with Gasteiger partial charge in [0.2, 0.25) is 0 Å². The molecule has 0 unspecified atom stereocenters. The third-order valence-electron chi connectivity index (χ3n) is 5.67. The first-order valence-electron chi connectivity index (χ1n) is 10.1. The maximum atomic E-state index is 15.1. The Morgan fingerprint density at radius 3 is 2.21 bits per heavy atom. The van der Waals surface area contributed by atoms with E-state index >= 15 is 4.39 Å². The second kappa shape index (κ2) is 8.62. The van der Waals surface area contributed by atoms with E-state index in [0.29, 0.717) is 12.5 Å². The van der Waals surface area contributed by atoms with Crippen molar-refractivity contribution in [1.29, 1.82) is 0 Å². The van der Waals surface area contributed by atoms with E-state index in [1.165, 1.54) is 13.8 Å². The van der Waals surface area contributed by atoms with E-state index in [1.54, 1.807) is 6.92 Å². The van der Waals surface area contributed by atoms with Crippen LogP contribution in [0.25, 0.3) is 10.9 Å². The molecular formula is C23H20F5NO5. The fourth-order valence-electron chi connectivity index (χ4n) is 4.19. The Kier molecular flexibility index (Phi) is 6.34. The van der Waals surface area contributed by atoms with Gasteiger partial charge in [0.05, 0.1) is 10.9 Å². The summed E-state index contributed by atoms with van der Waals surface area (Å²) in [5.74, 6) is -6.89. The highest BCUT2D eigenvalue weighted by atomic mass is 19.4. The van der Waals surface area contributed by atoms with Gasteiger partial charge in [0.25, 0.3) is 5.91 Å². The number of alkyl halides is 3. The molecule has 0 radical (unpaired) electrons. The van der Waals surface area contributed by atoms with Crippen LogP contribution in [0.5, 0.6) is 11.5 Å². The van der Waals surface area contributed by atoms with E-state index < -0.39 is 52.2 Å². The Hall–Kier alpha value is -3.63. The van der Waals surface area contributed by atoms with Crippen LogP contribution < -0.4 is 4.74 Å². The van der Waals surface area contributed by atoms with E-state index in [0.717, 1.165) is 28.8 Å². The van der Waals surface area contributed by atoms with Crippen molar-refractivity contribution >= 4 is 22.8 Å². The van der Waals surface area contributed by atoms with Gasteiger partial charge in [0, 0.05) is 28.3 Å². The minimum atomic E-state index is -4.94. The van der Waals surface area contributed by atoms with E-state index in [-0.39, 0.29) is 28.8 Å². The molecule has 0 amide bonds. The van der Waals surface area contributed by atoms with Crippen LogP contribution in [0.1, 0.15) is 48.3 Å². The maximum Gasteiger partial charge on any atom is 0.573 e. The number of rotatable bonds is 6. The SMILES string of the molecule is CCC[C@@](C)(C(=O)O)c1c(C)n(C(=O)c2ccc(OC(F)(F)F)cc2)c2cc(F)c(O)c(F)c12. The van der Waals surface area contributed by atoms with Crippen molar-refractivity contribution in [1.82, 2.24) is 4.57 Å². The van der Waals surface area contributed by atoms with Gasteiger partial charge in [-0.15, -0.1) is 13.2 Å². The molecule has 2 aromatic carbocycles. The number of fused-ring (bicyclic) bond motifs is 1. The van der Waals surface area contributed by atoms with Crippen molar-refractivity contribution < 1.29 is 46.5 Å². The van der Waals surface area contributed by atoms with Gasteiger partial charge >= 0.3 is 12.3 Å². The number of carbonyl (C=O) groups is 2. The van der Waals surface area contributed by atoms with Crippen molar-refractivity contribution in [3.8, 4) is 11.5 Å². The van der Waals surface area contributed by atoms with Crippen molar-refractivity contribution in [2.75, 3.05) is 0 Å². The van der Waals surface area contributed by atoms with Crippen molar-refractivity contribution in [2.24, 2.45) is 0 Å². The van der Waals surface area contributed by atoms with Gasteiger partial charge in [0.15, 0.2) is 17.4 Å². The first-order valence-corrected chi connectivity index (χ1v) is 10.1. The van der Waals surface area contributed by atoms with Crippen LogP contribution in [0.3, 0.4) is 0 Å². The quantitative estimate of drug-likeness (QED) is 0.440. The molecule has 3 rings (SSSR count). The number of halogens is 5. The highest BCUT2D eigenvalue weighted by Gasteiger charge is 2.41. The lowest BCUT2D eigenvalue weighted by molar-refractivity contribution is -0.274. The number of hydrogen-bond acceptors (Lipinski definition) is 4. The van der Waals surface area contributed by atoms with E-state index in [9.17, 15) is 37.4 Å². The first kappa shape index (κ1) is 25.0. The Morgan fingerprint density at radius 2 is 1.71 bits per heavy atom. The molecule has 0 bridgehead atoms. The fourth-order valence-corrected chi connectivity index (χ4v) is 4.19. The average molecular weight is 485 g/mol. The van der Waals surface area contributed by atoms with Gasteiger partial charge in [-0.2, -0.15) is 0 Å².